The molecule has 2 atom stereocenters. The maximum Gasteiger partial charge on any atom is 0.142 e. The van der Waals surface area contributed by atoms with Crippen LogP contribution >= 0.6 is 0 Å². The Morgan fingerprint density at radius 1 is 1.31 bits per heavy atom. The van der Waals surface area contributed by atoms with Crippen LogP contribution in [0.15, 0.2) is 24.3 Å². The zero-order valence-electron chi connectivity index (χ0n) is 9.49. The summed E-state index contributed by atoms with van der Waals surface area (Å²) < 4.78 is 0. The third-order valence-electron chi connectivity index (χ3n) is 4.48. The maximum atomic E-state index is 12.1. The summed E-state index contributed by atoms with van der Waals surface area (Å²) in [5.74, 6) is 0.220. The first-order valence-corrected chi connectivity index (χ1v) is 5.92. The van der Waals surface area contributed by atoms with Gasteiger partial charge in [-0.25, -0.2) is 0 Å². The molecule has 2 nitrogen and oxygen atoms in total. The van der Waals surface area contributed by atoms with E-state index in [1.54, 1.807) is 0 Å². The van der Waals surface area contributed by atoms with E-state index in [1.807, 2.05) is 31.2 Å². The van der Waals surface area contributed by atoms with Crippen molar-refractivity contribution in [3.05, 3.63) is 35.4 Å². The van der Waals surface area contributed by atoms with Crippen molar-refractivity contribution < 1.29 is 9.90 Å². The number of ketones is 1. The number of Topliss-reactive ketones (excluding diaryl/α,β-unsaturated/α-hetero) is 1. The molecule has 1 aromatic rings. The van der Waals surface area contributed by atoms with Crippen LogP contribution in [0.4, 0.5) is 0 Å². The number of aliphatic hydroxyl groups is 1. The Balaban J connectivity index is 2.21. The van der Waals surface area contributed by atoms with E-state index in [4.69, 9.17) is 0 Å². The zero-order valence-corrected chi connectivity index (χ0v) is 9.49. The number of carbonyl (C=O) groups is 1. The molecule has 3 rings (SSSR count). The standard InChI is InChI=1S/C14H16O2/c1-13-9-10-5-2-3-6-11(10)14(13,16)8-4-7-12(13)15/h2-3,5-6,16H,4,7-9H2,1H3/t13-,14+/m1/s1. The van der Waals surface area contributed by atoms with Gasteiger partial charge in [0.2, 0.25) is 0 Å². The molecule has 1 N–H and O–H groups in total. The molecule has 84 valence electrons. The minimum absolute atomic E-state index is 0.220. The molecule has 2 heteroatoms. The number of fused-ring (bicyclic) bond motifs is 3. The molecular formula is C14H16O2. The molecule has 2 aliphatic rings. The molecule has 16 heavy (non-hydrogen) atoms. The second-order valence-corrected chi connectivity index (χ2v) is 5.30. The van der Waals surface area contributed by atoms with E-state index < -0.39 is 11.0 Å². The molecule has 0 aromatic heterocycles. The van der Waals surface area contributed by atoms with Crippen LogP contribution in [0.1, 0.15) is 37.3 Å². The molecule has 2 aliphatic carbocycles. The molecule has 1 saturated carbocycles. The van der Waals surface area contributed by atoms with Crippen molar-refractivity contribution in [3.63, 3.8) is 0 Å². The van der Waals surface area contributed by atoms with Crippen LogP contribution in [0, 0.1) is 5.41 Å². The van der Waals surface area contributed by atoms with Gasteiger partial charge < -0.3 is 5.11 Å². The summed E-state index contributed by atoms with van der Waals surface area (Å²) in [6.07, 6.45) is 2.83. The molecular weight excluding hydrogens is 200 g/mol. The third kappa shape index (κ3) is 0.983. The van der Waals surface area contributed by atoms with Crippen molar-refractivity contribution in [3.8, 4) is 0 Å². The summed E-state index contributed by atoms with van der Waals surface area (Å²) in [5.41, 5.74) is 0.613. The van der Waals surface area contributed by atoms with Crippen molar-refractivity contribution >= 4 is 5.78 Å². The number of carbonyl (C=O) groups excluding carboxylic acids is 1. The van der Waals surface area contributed by atoms with Gasteiger partial charge in [-0.05, 0) is 37.3 Å². The third-order valence-corrected chi connectivity index (χ3v) is 4.48. The monoisotopic (exact) mass is 216 g/mol. The molecule has 0 amide bonds. The molecule has 0 bridgehead atoms. The van der Waals surface area contributed by atoms with Crippen LogP contribution in [-0.4, -0.2) is 10.9 Å². The van der Waals surface area contributed by atoms with Gasteiger partial charge in [-0.15, -0.1) is 0 Å². The first-order valence-electron chi connectivity index (χ1n) is 5.92. The second kappa shape index (κ2) is 2.95. The Bertz CT molecular complexity index is 466. The van der Waals surface area contributed by atoms with E-state index >= 15 is 0 Å². The van der Waals surface area contributed by atoms with Gasteiger partial charge in [0.15, 0.2) is 0 Å². The Morgan fingerprint density at radius 3 is 2.88 bits per heavy atom. The lowest BCUT2D eigenvalue weighted by Crippen LogP contribution is -2.49. The predicted octanol–water partition coefficient (Wildman–Crippen LogP) is 2.19. The first kappa shape index (κ1) is 10.0. The average Bonchev–Trinajstić information content (AvgIpc) is 2.50. The summed E-state index contributed by atoms with van der Waals surface area (Å²) in [4.78, 5) is 12.1. The molecule has 0 heterocycles. The fourth-order valence-electron chi connectivity index (χ4n) is 3.42. The van der Waals surface area contributed by atoms with E-state index in [0.29, 0.717) is 19.3 Å². The quantitative estimate of drug-likeness (QED) is 0.721. The van der Waals surface area contributed by atoms with E-state index in [-0.39, 0.29) is 5.78 Å². The molecule has 0 radical (unpaired) electrons. The Kier molecular flexibility index (Phi) is 1.85. The zero-order chi connectivity index (χ0) is 11.4. The van der Waals surface area contributed by atoms with Crippen molar-refractivity contribution in [1.29, 1.82) is 0 Å². The lowest BCUT2D eigenvalue weighted by Gasteiger charge is -2.42. The summed E-state index contributed by atoms with van der Waals surface area (Å²) in [5, 5.41) is 10.9. The van der Waals surface area contributed by atoms with Crippen LogP contribution in [0.2, 0.25) is 0 Å². The minimum atomic E-state index is -0.918. The van der Waals surface area contributed by atoms with Crippen LogP contribution in [0.5, 0.6) is 0 Å². The average molecular weight is 216 g/mol. The fraction of sp³-hybridized carbons (Fsp3) is 0.500. The van der Waals surface area contributed by atoms with Gasteiger partial charge >= 0.3 is 0 Å². The summed E-state index contributed by atoms with van der Waals surface area (Å²) >= 11 is 0. The SMILES string of the molecule is C[C@]12Cc3ccccc3[C@@]1(O)CCCC2=O. The molecule has 0 spiro atoms. The van der Waals surface area contributed by atoms with Crippen molar-refractivity contribution in [1.82, 2.24) is 0 Å². The maximum absolute atomic E-state index is 12.1. The second-order valence-electron chi connectivity index (χ2n) is 5.30. The van der Waals surface area contributed by atoms with Gasteiger partial charge in [0.1, 0.15) is 11.4 Å². The van der Waals surface area contributed by atoms with E-state index in [1.165, 1.54) is 0 Å². The number of rotatable bonds is 0. The van der Waals surface area contributed by atoms with Gasteiger partial charge in [-0.1, -0.05) is 24.3 Å². The lowest BCUT2D eigenvalue weighted by atomic mass is 9.64. The van der Waals surface area contributed by atoms with E-state index in [0.717, 1.165) is 17.5 Å². The fourth-order valence-corrected chi connectivity index (χ4v) is 3.42. The number of hydrogen-bond acceptors (Lipinski definition) is 2. The lowest BCUT2D eigenvalue weighted by molar-refractivity contribution is -0.153. The highest BCUT2D eigenvalue weighted by Crippen LogP contribution is 2.56. The topological polar surface area (TPSA) is 37.3 Å². The van der Waals surface area contributed by atoms with Crippen LogP contribution < -0.4 is 0 Å². The van der Waals surface area contributed by atoms with Crippen molar-refractivity contribution in [2.75, 3.05) is 0 Å². The van der Waals surface area contributed by atoms with Gasteiger partial charge in [0, 0.05) is 6.42 Å². The summed E-state index contributed by atoms with van der Waals surface area (Å²) in [7, 11) is 0. The first-order chi connectivity index (χ1) is 7.58. The smallest absolute Gasteiger partial charge is 0.142 e. The van der Waals surface area contributed by atoms with Gasteiger partial charge in [0.05, 0.1) is 5.41 Å². The molecule has 1 fully saturated rings. The summed E-state index contributed by atoms with van der Waals surface area (Å²) in [6.45, 7) is 1.93. The highest BCUT2D eigenvalue weighted by molar-refractivity contribution is 5.88. The van der Waals surface area contributed by atoms with Crippen LogP contribution in [-0.2, 0) is 16.8 Å². The van der Waals surface area contributed by atoms with E-state index in [2.05, 4.69) is 0 Å². The molecule has 0 saturated heterocycles. The number of hydrogen-bond donors (Lipinski definition) is 1. The highest BCUT2D eigenvalue weighted by atomic mass is 16.3. The highest BCUT2D eigenvalue weighted by Gasteiger charge is 2.59. The molecule has 1 aromatic carbocycles. The van der Waals surface area contributed by atoms with Crippen molar-refractivity contribution in [2.24, 2.45) is 5.41 Å². The number of benzene rings is 1. The Labute approximate surface area is 95.3 Å². The van der Waals surface area contributed by atoms with Gasteiger partial charge in [-0.2, -0.15) is 0 Å². The Hall–Kier alpha value is -1.15. The normalized spacial score (nSPS) is 37.0. The van der Waals surface area contributed by atoms with Gasteiger partial charge in [-0.3, -0.25) is 4.79 Å². The predicted molar refractivity (Wildman–Crippen MR) is 61.0 cm³/mol. The molecule has 0 aliphatic heterocycles. The van der Waals surface area contributed by atoms with E-state index in [9.17, 15) is 9.90 Å². The largest absolute Gasteiger partial charge is 0.384 e. The van der Waals surface area contributed by atoms with Crippen LogP contribution in [0.3, 0.4) is 0 Å². The molecule has 0 unspecified atom stereocenters. The minimum Gasteiger partial charge on any atom is -0.384 e. The van der Waals surface area contributed by atoms with Crippen molar-refractivity contribution in [2.45, 2.75) is 38.2 Å². The van der Waals surface area contributed by atoms with Gasteiger partial charge in [0.25, 0.3) is 0 Å². The Morgan fingerprint density at radius 2 is 2.06 bits per heavy atom. The van der Waals surface area contributed by atoms with Crippen LogP contribution in [0.25, 0.3) is 0 Å². The summed E-state index contributed by atoms with van der Waals surface area (Å²) in [6, 6.07) is 7.93.